The minimum absolute atomic E-state index is 0.0296. The van der Waals surface area contributed by atoms with Gasteiger partial charge in [0.05, 0.1) is 26.8 Å². The van der Waals surface area contributed by atoms with Crippen molar-refractivity contribution >= 4 is 11.7 Å². The van der Waals surface area contributed by atoms with Crippen LogP contribution in [0.2, 0.25) is 0 Å². The molecule has 0 bridgehead atoms. The highest BCUT2D eigenvalue weighted by Crippen LogP contribution is 2.33. The number of methoxy groups -OCH3 is 2. The van der Waals surface area contributed by atoms with Crippen molar-refractivity contribution in [3.05, 3.63) is 36.5 Å². The van der Waals surface area contributed by atoms with Crippen molar-refractivity contribution in [2.24, 2.45) is 0 Å². The molecule has 0 spiro atoms. The number of rotatable bonds is 9. The fourth-order valence-corrected chi connectivity index (χ4v) is 3.68. The minimum Gasteiger partial charge on any atom is -0.497 e. The number of hydrogen-bond donors (Lipinski definition) is 2. The molecule has 2 heterocycles. The van der Waals surface area contributed by atoms with E-state index in [-0.39, 0.29) is 24.0 Å². The van der Waals surface area contributed by atoms with Crippen LogP contribution in [0.5, 0.6) is 11.5 Å². The van der Waals surface area contributed by atoms with Gasteiger partial charge < -0.3 is 25.0 Å². The molecule has 1 saturated heterocycles. The zero-order valence-corrected chi connectivity index (χ0v) is 19.1. The number of amides is 1. The average molecular weight is 438 g/mol. The van der Waals surface area contributed by atoms with Crippen LogP contribution in [-0.4, -0.2) is 61.2 Å². The first kappa shape index (κ1) is 23.4. The lowest BCUT2D eigenvalue weighted by molar-refractivity contribution is -0.130. The molecule has 8 heteroatoms. The lowest BCUT2D eigenvalue weighted by Crippen LogP contribution is -2.50. The van der Waals surface area contributed by atoms with E-state index in [4.69, 9.17) is 9.47 Å². The summed E-state index contributed by atoms with van der Waals surface area (Å²) in [5.41, 5.74) is 1.54. The Kier molecular flexibility index (Phi) is 7.54. The molecule has 1 amide bonds. The van der Waals surface area contributed by atoms with E-state index in [0.717, 1.165) is 41.3 Å². The van der Waals surface area contributed by atoms with Gasteiger partial charge in [-0.2, -0.15) is 5.26 Å². The highest BCUT2D eigenvalue weighted by molar-refractivity contribution is 5.79. The molecule has 1 aromatic heterocycles. The molecule has 32 heavy (non-hydrogen) atoms. The number of nitrogens with one attached hydrogen (secondary N) is 2. The molecule has 1 aliphatic rings. The lowest BCUT2D eigenvalue weighted by Gasteiger charge is -2.28. The fraction of sp³-hybridized carbons (Fsp3) is 0.458. The second-order valence-corrected chi connectivity index (χ2v) is 8.46. The van der Waals surface area contributed by atoms with Crippen molar-refractivity contribution in [2.45, 2.75) is 38.3 Å². The van der Waals surface area contributed by atoms with Crippen LogP contribution >= 0.6 is 0 Å². The molecular formula is C24H31N5O3. The third-order valence-corrected chi connectivity index (χ3v) is 5.63. The number of benzene rings is 1. The first-order chi connectivity index (χ1) is 15.4. The molecule has 2 aromatic rings. The summed E-state index contributed by atoms with van der Waals surface area (Å²) in [6.45, 7) is 5.49. The zero-order valence-electron chi connectivity index (χ0n) is 19.1. The largest absolute Gasteiger partial charge is 0.497 e. The first-order valence-corrected chi connectivity index (χ1v) is 10.7. The van der Waals surface area contributed by atoms with E-state index in [9.17, 15) is 10.1 Å². The van der Waals surface area contributed by atoms with Crippen LogP contribution in [0, 0.1) is 11.3 Å². The van der Waals surface area contributed by atoms with E-state index < -0.39 is 0 Å². The Morgan fingerprint density at radius 3 is 2.75 bits per heavy atom. The second kappa shape index (κ2) is 10.3. The van der Waals surface area contributed by atoms with Crippen LogP contribution in [0.4, 0.5) is 5.82 Å². The SMILES string of the molecule is COc1ccc(-c2ccc(NCC(C)(C)NCC(=O)N3CCC[C@H]3C#N)nc2)c(OC)c1. The smallest absolute Gasteiger partial charge is 0.237 e. The number of carbonyl (C=O) groups excluding carboxylic acids is 1. The van der Waals surface area contributed by atoms with Gasteiger partial charge in [0.2, 0.25) is 5.91 Å². The van der Waals surface area contributed by atoms with Crippen molar-refractivity contribution in [2.75, 3.05) is 39.2 Å². The standard InChI is InChI=1S/C24H31N5O3/c1-24(2,28-15-23(30)29-11-5-6-18(29)13-25)16-27-22-10-7-17(14-26-22)20-9-8-19(31-3)12-21(20)32-4/h7-10,12,14,18,28H,5-6,11,15-16H2,1-4H3,(H,26,27)/t18-/m0/s1. The van der Waals surface area contributed by atoms with Gasteiger partial charge in [-0.25, -0.2) is 4.98 Å². The van der Waals surface area contributed by atoms with Gasteiger partial charge in [0, 0.05) is 42.0 Å². The molecule has 8 nitrogen and oxygen atoms in total. The van der Waals surface area contributed by atoms with Crippen LogP contribution in [0.15, 0.2) is 36.5 Å². The first-order valence-electron chi connectivity index (χ1n) is 10.7. The maximum absolute atomic E-state index is 12.5. The van der Waals surface area contributed by atoms with E-state index in [1.54, 1.807) is 25.3 Å². The van der Waals surface area contributed by atoms with E-state index >= 15 is 0 Å². The maximum Gasteiger partial charge on any atom is 0.237 e. The number of likely N-dealkylation sites (tertiary alicyclic amines) is 1. The fourth-order valence-electron chi connectivity index (χ4n) is 3.68. The molecule has 170 valence electrons. The molecule has 2 N–H and O–H groups in total. The lowest BCUT2D eigenvalue weighted by atomic mass is 10.1. The highest BCUT2D eigenvalue weighted by Gasteiger charge is 2.29. The summed E-state index contributed by atoms with van der Waals surface area (Å²) in [7, 11) is 3.25. The molecule has 3 rings (SSSR count). The molecule has 0 saturated carbocycles. The molecule has 1 aromatic carbocycles. The zero-order chi connectivity index (χ0) is 23.1. The predicted octanol–water partition coefficient (Wildman–Crippen LogP) is 3.06. The molecule has 0 unspecified atom stereocenters. The number of aromatic nitrogens is 1. The van der Waals surface area contributed by atoms with Gasteiger partial charge in [0.1, 0.15) is 23.4 Å². The van der Waals surface area contributed by atoms with Gasteiger partial charge in [-0.15, -0.1) is 0 Å². The number of hydrogen-bond acceptors (Lipinski definition) is 7. The third kappa shape index (κ3) is 5.68. The Balaban J connectivity index is 1.55. The highest BCUT2D eigenvalue weighted by atomic mass is 16.5. The summed E-state index contributed by atoms with van der Waals surface area (Å²) in [5, 5.41) is 15.8. The summed E-state index contributed by atoms with van der Waals surface area (Å²) in [6, 6.07) is 11.5. The van der Waals surface area contributed by atoms with Crippen molar-refractivity contribution in [1.29, 1.82) is 5.26 Å². The number of pyridine rings is 1. The Bertz CT molecular complexity index is 969. The van der Waals surface area contributed by atoms with Gasteiger partial charge in [0.15, 0.2) is 0 Å². The average Bonchev–Trinajstić information content (AvgIpc) is 3.30. The van der Waals surface area contributed by atoms with Gasteiger partial charge in [-0.3, -0.25) is 4.79 Å². The summed E-state index contributed by atoms with van der Waals surface area (Å²) >= 11 is 0. The molecule has 1 fully saturated rings. The predicted molar refractivity (Wildman–Crippen MR) is 124 cm³/mol. The molecule has 1 aliphatic heterocycles. The number of anilines is 1. The van der Waals surface area contributed by atoms with Gasteiger partial charge in [0.25, 0.3) is 0 Å². The Hall–Kier alpha value is -3.31. The van der Waals surface area contributed by atoms with E-state index in [2.05, 4.69) is 21.7 Å². The number of ether oxygens (including phenoxy) is 2. The molecular weight excluding hydrogens is 406 g/mol. The Morgan fingerprint density at radius 2 is 2.09 bits per heavy atom. The van der Waals surface area contributed by atoms with Crippen molar-refractivity contribution in [1.82, 2.24) is 15.2 Å². The number of carbonyl (C=O) groups is 1. The van der Waals surface area contributed by atoms with E-state index in [0.29, 0.717) is 13.1 Å². The van der Waals surface area contributed by atoms with Crippen molar-refractivity contribution in [3.8, 4) is 28.7 Å². The topological polar surface area (TPSA) is 99.5 Å². The van der Waals surface area contributed by atoms with Crippen LogP contribution in [0.1, 0.15) is 26.7 Å². The van der Waals surface area contributed by atoms with Gasteiger partial charge >= 0.3 is 0 Å². The van der Waals surface area contributed by atoms with E-state index in [1.807, 2.05) is 44.2 Å². The second-order valence-electron chi connectivity index (χ2n) is 8.46. The van der Waals surface area contributed by atoms with Crippen LogP contribution in [0.3, 0.4) is 0 Å². The monoisotopic (exact) mass is 437 g/mol. The van der Waals surface area contributed by atoms with Crippen LogP contribution in [-0.2, 0) is 4.79 Å². The summed E-state index contributed by atoms with van der Waals surface area (Å²) in [6.07, 6.45) is 3.45. The Morgan fingerprint density at radius 1 is 1.28 bits per heavy atom. The maximum atomic E-state index is 12.5. The van der Waals surface area contributed by atoms with Crippen molar-refractivity contribution in [3.63, 3.8) is 0 Å². The normalized spacial score (nSPS) is 15.8. The number of nitrogens with zero attached hydrogens (tertiary/aromatic N) is 3. The van der Waals surface area contributed by atoms with Crippen molar-refractivity contribution < 1.29 is 14.3 Å². The number of nitriles is 1. The Labute approximate surface area is 189 Å². The minimum atomic E-state index is -0.336. The molecule has 0 aliphatic carbocycles. The van der Waals surface area contributed by atoms with Gasteiger partial charge in [-0.05, 0) is 51.0 Å². The van der Waals surface area contributed by atoms with E-state index in [1.165, 1.54) is 0 Å². The third-order valence-electron chi connectivity index (χ3n) is 5.63. The van der Waals surface area contributed by atoms with Crippen LogP contribution in [0.25, 0.3) is 11.1 Å². The van der Waals surface area contributed by atoms with Crippen LogP contribution < -0.4 is 20.1 Å². The quantitative estimate of drug-likeness (QED) is 0.622. The molecule has 0 radical (unpaired) electrons. The molecule has 1 atom stereocenters. The summed E-state index contributed by atoms with van der Waals surface area (Å²) < 4.78 is 10.7. The van der Waals surface area contributed by atoms with Gasteiger partial charge in [-0.1, -0.05) is 0 Å². The summed E-state index contributed by atoms with van der Waals surface area (Å²) in [5.74, 6) is 2.17. The summed E-state index contributed by atoms with van der Waals surface area (Å²) in [4.78, 5) is 18.7.